The molecule has 1 atom stereocenters. The Morgan fingerprint density at radius 3 is 2.30 bits per heavy atom. The highest BCUT2D eigenvalue weighted by atomic mass is 32.2. The van der Waals surface area contributed by atoms with E-state index in [0.29, 0.717) is 19.6 Å². The van der Waals surface area contributed by atoms with Gasteiger partial charge >= 0.3 is 0 Å². The zero-order valence-corrected chi connectivity index (χ0v) is 14.8. The minimum absolute atomic E-state index is 0.0390. The summed E-state index contributed by atoms with van der Waals surface area (Å²) < 4.78 is 31.2. The fourth-order valence-electron chi connectivity index (χ4n) is 2.76. The first-order chi connectivity index (χ1) is 10.7. The standard InChI is InChI=1S/C16H24N2O4S/c1-12(2)22-15-7-5-14(6-8-15)16-11-17(13(3)19)9-10-18(16)23(4,20)21/h5-8,12,16H,9-11H2,1-4H3. The van der Waals surface area contributed by atoms with Crippen LogP contribution in [0.3, 0.4) is 0 Å². The molecule has 0 aliphatic carbocycles. The summed E-state index contributed by atoms with van der Waals surface area (Å²) in [6.45, 7) is 6.51. The molecular weight excluding hydrogens is 316 g/mol. The lowest BCUT2D eigenvalue weighted by molar-refractivity contribution is -0.130. The van der Waals surface area contributed by atoms with E-state index < -0.39 is 10.0 Å². The minimum Gasteiger partial charge on any atom is -0.491 e. The van der Waals surface area contributed by atoms with Crippen LogP contribution < -0.4 is 4.74 Å². The monoisotopic (exact) mass is 340 g/mol. The van der Waals surface area contributed by atoms with Gasteiger partial charge in [0.2, 0.25) is 15.9 Å². The summed E-state index contributed by atoms with van der Waals surface area (Å²) in [7, 11) is -3.34. The number of hydrogen-bond donors (Lipinski definition) is 0. The Bertz CT molecular complexity index is 655. The lowest BCUT2D eigenvalue weighted by Crippen LogP contribution is -2.51. The molecule has 1 unspecified atom stereocenters. The van der Waals surface area contributed by atoms with E-state index in [0.717, 1.165) is 11.3 Å². The highest BCUT2D eigenvalue weighted by molar-refractivity contribution is 7.88. The van der Waals surface area contributed by atoms with E-state index in [-0.39, 0.29) is 18.1 Å². The topological polar surface area (TPSA) is 66.9 Å². The maximum absolute atomic E-state index is 12.1. The Hall–Kier alpha value is -1.60. The number of rotatable bonds is 4. The second-order valence-electron chi connectivity index (χ2n) is 6.09. The fraction of sp³-hybridized carbons (Fsp3) is 0.562. The molecule has 0 radical (unpaired) electrons. The van der Waals surface area contributed by atoms with Crippen LogP contribution in [0.4, 0.5) is 0 Å². The maximum Gasteiger partial charge on any atom is 0.219 e. The fourth-order valence-corrected chi connectivity index (χ4v) is 3.83. The quantitative estimate of drug-likeness (QED) is 0.836. The number of amides is 1. The molecule has 2 rings (SSSR count). The predicted octanol–water partition coefficient (Wildman–Crippen LogP) is 1.64. The highest BCUT2D eigenvalue weighted by Crippen LogP contribution is 2.29. The molecule has 1 heterocycles. The van der Waals surface area contributed by atoms with Crippen LogP contribution >= 0.6 is 0 Å². The summed E-state index contributed by atoms with van der Waals surface area (Å²) in [6, 6.07) is 7.04. The molecule has 23 heavy (non-hydrogen) atoms. The van der Waals surface area contributed by atoms with E-state index in [9.17, 15) is 13.2 Å². The molecule has 7 heteroatoms. The number of carbonyl (C=O) groups is 1. The number of nitrogens with zero attached hydrogens (tertiary/aromatic N) is 2. The van der Waals surface area contributed by atoms with E-state index in [1.165, 1.54) is 17.5 Å². The molecule has 1 aromatic carbocycles. The number of sulfonamides is 1. The Kier molecular flexibility index (Phi) is 5.31. The normalized spacial score (nSPS) is 19.9. The van der Waals surface area contributed by atoms with Gasteiger partial charge in [0.05, 0.1) is 18.4 Å². The third-order valence-corrected chi connectivity index (χ3v) is 5.13. The Balaban J connectivity index is 2.28. The van der Waals surface area contributed by atoms with Crippen LogP contribution in [0.5, 0.6) is 5.75 Å². The van der Waals surface area contributed by atoms with Crippen molar-refractivity contribution in [3.63, 3.8) is 0 Å². The summed E-state index contributed by atoms with van der Waals surface area (Å²) in [5, 5.41) is 0. The van der Waals surface area contributed by atoms with Gasteiger partial charge in [-0.25, -0.2) is 8.42 Å². The van der Waals surface area contributed by atoms with Gasteiger partial charge in [0.1, 0.15) is 5.75 Å². The first-order valence-electron chi connectivity index (χ1n) is 7.67. The second-order valence-corrected chi connectivity index (χ2v) is 8.03. The molecule has 0 bridgehead atoms. The van der Waals surface area contributed by atoms with Crippen molar-refractivity contribution in [1.29, 1.82) is 0 Å². The molecule has 1 aromatic rings. The van der Waals surface area contributed by atoms with Crippen LogP contribution in [0, 0.1) is 0 Å². The van der Waals surface area contributed by atoms with Crippen LogP contribution in [-0.2, 0) is 14.8 Å². The first-order valence-corrected chi connectivity index (χ1v) is 9.52. The van der Waals surface area contributed by atoms with E-state index in [4.69, 9.17) is 4.74 Å². The van der Waals surface area contributed by atoms with Gasteiger partial charge < -0.3 is 9.64 Å². The zero-order chi connectivity index (χ0) is 17.2. The van der Waals surface area contributed by atoms with Crippen LogP contribution in [0.25, 0.3) is 0 Å². The molecule has 0 saturated carbocycles. The Morgan fingerprint density at radius 1 is 1.22 bits per heavy atom. The summed E-state index contributed by atoms with van der Waals surface area (Å²) in [6.07, 6.45) is 1.29. The van der Waals surface area contributed by atoms with Gasteiger partial charge in [-0.2, -0.15) is 4.31 Å². The average molecular weight is 340 g/mol. The molecule has 0 spiro atoms. The Morgan fingerprint density at radius 2 is 1.83 bits per heavy atom. The lowest BCUT2D eigenvalue weighted by Gasteiger charge is -2.39. The van der Waals surface area contributed by atoms with E-state index in [2.05, 4.69) is 0 Å². The first kappa shape index (κ1) is 17.7. The summed E-state index contributed by atoms with van der Waals surface area (Å²) in [5.74, 6) is 0.705. The van der Waals surface area contributed by atoms with Crippen LogP contribution in [0.2, 0.25) is 0 Å². The van der Waals surface area contributed by atoms with Gasteiger partial charge in [-0.3, -0.25) is 4.79 Å². The number of benzene rings is 1. The van der Waals surface area contributed by atoms with Crippen LogP contribution in [0.15, 0.2) is 24.3 Å². The smallest absolute Gasteiger partial charge is 0.219 e. The molecule has 1 aliphatic rings. The van der Waals surface area contributed by atoms with Crippen molar-refractivity contribution in [2.75, 3.05) is 25.9 Å². The molecule has 1 saturated heterocycles. The van der Waals surface area contributed by atoms with Crippen molar-refractivity contribution in [2.24, 2.45) is 0 Å². The molecule has 128 valence electrons. The third-order valence-electron chi connectivity index (χ3n) is 3.84. The molecule has 1 amide bonds. The van der Waals surface area contributed by atoms with Crippen molar-refractivity contribution >= 4 is 15.9 Å². The lowest BCUT2D eigenvalue weighted by atomic mass is 10.0. The average Bonchev–Trinajstić information content (AvgIpc) is 2.45. The number of hydrogen-bond acceptors (Lipinski definition) is 4. The molecule has 0 aromatic heterocycles. The zero-order valence-electron chi connectivity index (χ0n) is 14.0. The van der Waals surface area contributed by atoms with E-state index in [1.54, 1.807) is 4.90 Å². The largest absolute Gasteiger partial charge is 0.491 e. The molecule has 6 nitrogen and oxygen atoms in total. The van der Waals surface area contributed by atoms with Crippen molar-refractivity contribution in [1.82, 2.24) is 9.21 Å². The summed E-state index contributed by atoms with van der Waals surface area (Å²) in [4.78, 5) is 13.3. The molecule has 1 aliphatic heterocycles. The van der Waals surface area contributed by atoms with Gasteiger partial charge in [-0.15, -0.1) is 0 Å². The number of piperazine rings is 1. The minimum atomic E-state index is -3.34. The van der Waals surface area contributed by atoms with Crippen molar-refractivity contribution in [3.05, 3.63) is 29.8 Å². The van der Waals surface area contributed by atoms with Crippen molar-refractivity contribution in [2.45, 2.75) is 32.9 Å². The van der Waals surface area contributed by atoms with Gasteiger partial charge in [0, 0.05) is 26.6 Å². The van der Waals surface area contributed by atoms with Gasteiger partial charge in [-0.05, 0) is 31.5 Å². The van der Waals surface area contributed by atoms with Crippen LogP contribution in [0.1, 0.15) is 32.4 Å². The van der Waals surface area contributed by atoms with E-state index in [1.807, 2.05) is 38.1 Å². The predicted molar refractivity (Wildman–Crippen MR) is 88.8 cm³/mol. The third kappa shape index (κ3) is 4.45. The maximum atomic E-state index is 12.1. The van der Waals surface area contributed by atoms with Crippen LogP contribution in [-0.4, -0.2) is 55.5 Å². The van der Waals surface area contributed by atoms with Crippen molar-refractivity contribution < 1.29 is 17.9 Å². The number of ether oxygens (including phenoxy) is 1. The summed E-state index contributed by atoms with van der Waals surface area (Å²) in [5.41, 5.74) is 0.859. The molecule has 0 N–H and O–H groups in total. The summed E-state index contributed by atoms with van der Waals surface area (Å²) >= 11 is 0. The molecule has 1 fully saturated rings. The van der Waals surface area contributed by atoms with Crippen molar-refractivity contribution in [3.8, 4) is 5.75 Å². The Labute approximate surface area is 138 Å². The second kappa shape index (κ2) is 6.88. The van der Waals surface area contributed by atoms with Gasteiger partial charge in [0.15, 0.2) is 0 Å². The number of carbonyl (C=O) groups excluding carboxylic acids is 1. The van der Waals surface area contributed by atoms with Gasteiger partial charge in [0.25, 0.3) is 0 Å². The highest BCUT2D eigenvalue weighted by Gasteiger charge is 2.34. The molecular formula is C16H24N2O4S. The van der Waals surface area contributed by atoms with E-state index >= 15 is 0 Å². The SMILES string of the molecule is CC(=O)N1CCN(S(C)(=O)=O)C(c2ccc(OC(C)C)cc2)C1. The van der Waals surface area contributed by atoms with Gasteiger partial charge in [-0.1, -0.05) is 12.1 Å².